The van der Waals surface area contributed by atoms with Crippen LogP contribution in [-0.2, 0) is 6.54 Å². The van der Waals surface area contributed by atoms with Crippen molar-refractivity contribution in [2.24, 2.45) is 5.92 Å². The van der Waals surface area contributed by atoms with E-state index in [4.69, 9.17) is 9.97 Å². The molecule has 4 aromatic carbocycles. The lowest BCUT2D eigenvalue weighted by molar-refractivity contribution is 0.102. The van der Waals surface area contributed by atoms with E-state index in [-0.39, 0.29) is 5.91 Å². The molecule has 0 aliphatic heterocycles. The van der Waals surface area contributed by atoms with Crippen LogP contribution in [0.15, 0.2) is 97.1 Å². The van der Waals surface area contributed by atoms with Gasteiger partial charge in [0.1, 0.15) is 0 Å². The number of benzene rings is 4. The molecule has 0 atom stereocenters. The highest BCUT2D eigenvalue weighted by atomic mass is 16.1. The van der Waals surface area contributed by atoms with Crippen LogP contribution in [0.25, 0.3) is 22.2 Å². The van der Waals surface area contributed by atoms with E-state index in [1.807, 2.05) is 85.8 Å². The van der Waals surface area contributed by atoms with E-state index in [0.717, 1.165) is 57.8 Å². The Labute approximate surface area is 229 Å². The lowest BCUT2D eigenvalue weighted by Gasteiger charge is -2.13. The third-order valence-corrected chi connectivity index (χ3v) is 6.49. The molecule has 0 spiro atoms. The van der Waals surface area contributed by atoms with Crippen LogP contribution in [0.4, 0.5) is 17.3 Å². The second-order valence-electron chi connectivity index (χ2n) is 10.1. The number of para-hydroxylation sites is 1. The van der Waals surface area contributed by atoms with E-state index in [9.17, 15) is 4.79 Å². The summed E-state index contributed by atoms with van der Waals surface area (Å²) >= 11 is 0. The molecular formula is C33H33N5O. The van der Waals surface area contributed by atoms with E-state index in [1.165, 1.54) is 0 Å². The minimum Gasteiger partial charge on any atom is -0.324 e. The zero-order valence-electron chi connectivity index (χ0n) is 22.5. The van der Waals surface area contributed by atoms with E-state index in [1.54, 1.807) is 12.1 Å². The normalized spacial score (nSPS) is 11.1. The molecule has 1 amide bonds. The van der Waals surface area contributed by atoms with Crippen molar-refractivity contribution < 1.29 is 4.79 Å². The molecule has 5 rings (SSSR count). The summed E-state index contributed by atoms with van der Waals surface area (Å²) in [6, 6.07) is 31.6. The standard InChI is InChI=1S/C33H33N5O/c1-22(2)20-34-21-24-14-13-23(3)30(19-24)36-32(39)26-15-17-27(18-16-26)35-33-37-29-12-8-7-11-28(29)31(38-33)25-9-5-4-6-10-25/h4-19,22,34H,20-21H2,1-3H3,(H,36,39)(H,35,37,38). The van der Waals surface area contributed by atoms with Crippen LogP contribution in [0.2, 0.25) is 0 Å². The molecule has 0 aliphatic carbocycles. The van der Waals surface area contributed by atoms with Crippen molar-refractivity contribution in [3.8, 4) is 11.3 Å². The highest BCUT2D eigenvalue weighted by Crippen LogP contribution is 2.28. The Bertz CT molecular complexity index is 1580. The number of carbonyl (C=O) groups is 1. The fraction of sp³-hybridized carbons (Fsp3) is 0.182. The molecule has 196 valence electrons. The third-order valence-electron chi connectivity index (χ3n) is 6.49. The molecule has 5 aromatic rings. The summed E-state index contributed by atoms with van der Waals surface area (Å²) in [6.07, 6.45) is 0. The quantitative estimate of drug-likeness (QED) is 0.191. The van der Waals surface area contributed by atoms with Crippen LogP contribution in [0.1, 0.15) is 35.3 Å². The maximum absolute atomic E-state index is 13.0. The van der Waals surface area contributed by atoms with Crippen molar-refractivity contribution >= 4 is 34.1 Å². The molecule has 0 bridgehead atoms. The van der Waals surface area contributed by atoms with E-state index >= 15 is 0 Å². The topological polar surface area (TPSA) is 78.9 Å². The number of fused-ring (bicyclic) bond motifs is 1. The summed E-state index contributed by atoms with van der Waals surface area (Å²) in [5.41, 5.74) is 7.13. The Balaban J connectivity index is 1.31. The average molecular weight is 516 g/mol. The van der Waals surface area contributed by atoms with Gasteiger partial charge in [-0.3, -0.25) is 4.79 Å². The van der Waals surface area contributed by atoms with Crippen LogP contribution >= 0.6 is 0 Å². The molecule has 0 saturated carbocycles. The van der Waals surface area contributed by atoms with Gasteiger partial charge in [-0.05, 0) is 66.9 Å². The maximum Gasteiger partial charge on any atom is 0.255 e. The Morgan fingerprint density at radius 3 is 2.36 bits per heavy atom. The molecule has 0 saturated heterocycles. The number of carbonyl (C=O) groups excluding carboxylic acids is 1. The van der Waals surface area contributed by atoms with Gasteiger partial charge < -0.3 is 16.0 Å². The number of hydrogen-bond acceptors (Lipinski definition) is 5. The number of nitrogens with one attached hydrogen (secondary N) is 3. The van der Waals surface area contributed by atoms with Crippen molar-refractivity contribution in [2.75, 3.05) is 17.2 Å². The summed E-state index contributed by atoms with van der Waals surface area (Å²) in [4.78, 5) is 22.6. The number of aryl methyl sites for hydroxylation is 1. The van der Waals surface area contributed by atoms with Crippen molar-refractivity contribution in [1.82, 2.24) is 15.3 Å². The van der Waals surface area contributed by atoms with Crippen LogP contribution in [0.5, 0.6) is 0 Å². The van der Waals surface area contributed by atoms with Gasteiger partial charge in [-0.2, -0.15) is 0 Å². The van der Waals surface area contributed by atoms with Gasteiger partial charge >= 0.3 is 0 Å². The zero-order chi connectivity index (χ0) is 27.2. The summed E-state index contributed by atoms with van der Waals surface area (Å²) in [6.45, 7) is 8.09. The highest BCUT2D eigenvalue weighted by molar-refractivity contribution is 6.05. The molecular weight excluding hydrogens is 482 g/mol. The fourth-order valence-electron chi connectivity index (χ4n) is 4.40. The molecule has 0 radical (unpaired) electrons. The highest BCUT2D eigenvalue weighted by Gasteiger charge is 2.12. The number of amides is 1. The van der Waals surface area contributed by atoms with Gasteiger partial charge in [-0.25, -0.2) is 9.97 Å². The summed E-state index contributed by atoms with van der Waals surface area (Å²) in [5.74, 6) is 0.944. The molecule has 1 aromatic heterocycles. The molecule has 39 heavy (non-hydrogen) atoms. The van der Waals surface area contributed by atoms with E-state index < -0.39 is 0 Å². The van der Waals surface area contributed by atoms with Crippen LogP contribution in [0, 0.1) is 12.8 Å². The number of hydrogen-bond donors (Lipinski definition) is 3. The summed E-state index contributed by atoms with van der Waals surface area (Å²) in [5, 5.41) is 10.8. The summed E-state index contributed by atoms with van der Waals surface area (Å²) < 4.78 is 0. The second kappa shape index (κ2) is 11.9. The molecule has 0 aliphatic rings. The Hall–Kier alpha value is -4.55. The first kappa shape index (κ1) is 26.1. The van der Waals surface area contributed by atoms with Crippen molar-refractivity contribution in [3.05, 3.63) is 114 Å². The Morgan fingerprint density at radius 1 is 0.846 bits per heavy atom. The summed E-state index contributed by atoms with van der Waals surface area (Å²) in [7, 11) is 0. The number of rotatable bonds is 9. The van der Waals surface area contributed by atoms with Gasteiger partial charge in [0.15, 0.2) is 0 Å². The van der Waals surface area contributed by atoms with Gasteiger partial charge in [0.2, 0.25) is 5.95 Å². The third kappa shape index (κ3) is 6.48. The van der Waals surface area contributed by atoms with Gasteiger partial charge in [0.25, 0.3) is 5.91 Å². The molecule has 3 N–H and O–H groups in total. The number of aromatic nitrogens is 2. The lowest BCUT2D eigenvalue weighted by atomic mass is 10.1. The first-order valence-electron chi connectivity index (χ1n) is 13.3. The fourth-order valence-corrected chi connectivity index (χ4v) is 4.40. The van der Waals surface area contributed by atoms with Crippen LogP contribution in [-0.4, -0.2) is 22.4 Å². The van der Waals surface area contributed by atoms with Gasteiger partial charge in [-0.15, -0.1) is 0 Å². The van der Waals surface area contributed by atoms with Crippen molar-refractivity contribution in [2.45, 2.75) is 27.3 Å². The predicted molar refractivity (Wildman–Crippen MR) is 160 cm³/mol. The predicted octanol–water partition coefficient (Wildman–Crippen LogP) is 7.35. The van der Waals surface area contributed by atoms with Crippen molar-refractivity contribution in [3.63, 3.8) is 0 Å². The molecule has 1 heterocycles. The smallest absolute Gasteiger partial charge is 0.255 e. The number of anilines is 3. The van der Waals surface area contributed by atoms with E-state index in [2.05, 4.69) is 35.9 Å². The maximum atomic E-state index is 13.0. The van der Waals surface area contributed by atoms with Crippen LogP contribution < -0.4 is 16.0 Å². The molecule has 6 nitrogen and oxygen atoms in total. The first-order chi connectivity index (χ1) is 19.0. The molecule has 0 unspecified atom stereocenters. The van der Waals surface area contributed by atoms with E-state index in [0.29, 0.717) is 17.4 Å². The molecule has 6 heteroatoms. The van der Waals surface area contributed by atoms with Gasteiger partial charge in [-0.1, -0.05) is 74.5 Å². The monoisotopic (exact) mass is 515 g/mol. The minimum atomic E-state index is -0.148. The SMILES string of the molecule is Cc1ccc(CNCC(C)C)cc1NC(=O)c1ccc(Nc2nc(-c3ccccc3)c3ccccc3n2)cc1. The Morgan fingerprint density at radius 2 is 1.59 bits per heavy atom. The largest absolute Gasteiger partial charge is 0.324 e. The Kier molecular flexibility index (Phi) is 7.94. The zero-order valence-corrected chi connectivity index (χ0v) is 22.5. The van der Waals surface area contributed by atoms with Gasteiger partial charge in [0.05, 0.1) is 11.2 Å². The minimum absolute atomic E-state index is 0.148. The lowest BCUT2D eigenvalue weighted by Crippen LogP contribution is -2.19. The average Bonchev–Trinajstić information content (AvgIpc) is 2.95. The van der Waals surface area contributed by atoms with Crippen molar-refractivity contribution in [1.29, 1.82) is 0 Å². The van der Waals surface area contributed by atoms with Gasteiger partial charge in [0, 0.05) is 34.4 Å². The van der Waals surface area contributed by atoms with Crippen LogP contribution in [0.3, 0.4) is 0 Å². The first-order valence-corrected chi connectivity index (χ1v) is 13.3. The second-order valence-corrected chi connectivity index (χ2v) is 10.1. The molecule has 0 fully saturated rings. The number of nitrogens with zero attached hydrogens (tertiary/aromatic N) is 2.